The first-order valence-corrected chi connectivity index (χ1v) is 15.2. The fraction of sp³-hybridized carbons (Fsp3) is 0.438. The van der Waals surface area contributed by atoms with E-state index in [2.05, 4.69) is 45.6 Å². The second-order valence-electron chi connectivity index (χ2n) is 12.5. The number of aromatic nitrogens is 4. The quantitative estimate of drug-likeness (QED) is 0.311. The zero-order valence-electron chi connectivity index (χ0n) is 26.3. The standard InChI is InChI=1S/C32H39ClFN9O/c1-9-24(44)42-13-19(4)43(14-18(42)3)30-21-12-22(33)26(25-17(2)10-11-23-27(25)31(38-37-23)40(7)8)28(34)29(21)35-32(36-30)41-15-20(16-41)39(5)6/h9-12,18-20H,1,13-16H2,2-8H3,(H,37,38)/t18-,19+/m1/s1. The van der Waals surface area contributed by atoms with E-state index in [9.17, 15) is 4.79 Å². The molecule has 1 N–H and O–H groups in total. The summed E-state index contributed by atoms with van der Waals surface area (Å²) in [7, 11) is 7.92. The summed E-state index contributed by atoms with van der Waals surface area (Å²) in [4.78, 5) is 32.6. The van der Waals surface area contributed by atoms with Crippen LogP contribution in [-0.4, -0.2) is 108 Å². The molecule has 44 heavy (non-hydrogen) atoms. The molecule has 2 fully saturated rings. The average molecular weight is 620 g/mol. The molecule has 2 aromatic heterocycles. The van der Waals surface area contributed by atoms with Gasteiger partial charge in [0.05, 0.1) is 15.9 Å². The van der Waals surface area contributed by atoms with Crippen LogP contribution in [-0.2, 0) is 4.79 Å². The summed E-state index contributed by atoms with van der Waals surface area (Å²) in [5.41, 5.74) is 2.85. The van der Waals surface area contributed by atoms with Crippen LogP contribution in [0, 0.1) is 12.7 Å². The third-order valence-electron chi connectivity index (χ3n) is 9.04. The molecule has 0 spiro atoms. The normalized spacial score (nSPS) is 19.3. The highest BCUT2D eigenvalue weighted by atomic mass is 35.5. The number of hydrogen-bond acceptors (Lipinski definition) is 8. The van der Waals surface area contributed by atoms with Crippen LogP contribution in [0.2, 0.25) is 5.02 Å². The van der Waals surface area contributed by atoms with E-state index in [0.717, 1.165) is 29.6 Å². The Balaban J connectivity index is 1.57. The molecule has 2 saturated heterocycles. The van der Waals surface area contributed by atoms with Gasteiger partial charge in [0.15, 0.2) is 11.6 Å². The predicted molar refractivity (Wildman–Crippen MR) is 177 cm³/mol. The van der Waals surface area contributed by atoms with Crippen molar-refractivity contribution in [2.75, 3.05) is 69.1 Å². The Kier molecular flexibility index (Phi) is 7.65. The molecule has 0 radical (unpaired) electrons. The van der Waals surface area contributed by atoms with E-state index in [0.29, 0.717) is 53.2 Å². The molecule has 2 aliphatic rings. The molecule has 6 rings (SSSR count). The number of halogens is 2. The first kappa shape index (κ1) is 30.1. The van der Waals surface area contributed by atoms with Crippen molar-refractivity contribution >= 4 is 56.9 Å². The number of benzene rings is 2. The number of carbonyl (C=O) groups excluding carboxylic acids is 1. The maximum absolute atomic E-state index is 17.1. The number of carbonyl (C=O) groups is 1. The van der Waals surface area contributed by atoms with Crippen LogP contribution < -0.4 is 14.7 Å². The predicted octanol–water partition coefficient (Wildman–Crippen LogP) is 4.70. The lowest BCUT2D eigenvalue weighted by Gasteiger charge is -2.45. The highest BCUT2D eigenvalue weighted by molar-refractivity contribution is 6.35. The number of nitrogens with one attached hydrogen (secondary N) is 1. The molecule has 232 valence electrons. The van der Waals surface area contributed by atoms with Crippen LogP contribution in [0.15, 0.2) is 30.9 Å². The summed E-state index contributed by atoms with van der Waals surface area (Å²) < 4.78 is 17.1. The van der Waals surface area contributed by atoms with Gasteiger partial charge < -0.3 is 24.5 Å². The Morgan fingerprint density at radius 1 is 1.09 bits per heavy atom. The van der Waals surface area contributed by atoms with Gasteiger partial charge in [-0.15, -0.1) is 0 Å². The van der Waals surface area contributed by atoms with Gasteiger partial charge in [0.25, 0.3) is 0 Å². The molecule has 0 saturated carbocycles. The zero-order chi connectivity index (χ0) is 31.6. The highest BCUT2D eigenvalue weighted by Gasteiger charge is 2.36. The Hall–Kier alpha value is -3.96. The first-order chi connectivity index (χ1) is 20.9. The van der Waals surface area contributed by atoms with Crippen molar-refractivity contribution in [2.45, 2.75) is 38.9 Å². The number of rotatable bonds is 6. The van der Waals surface area contributed by atoms with Gasteiger partial charge in [-0.05, 0) is 58.6 Å². The number of anilines is 3. The number of H-pyrrole nitrogens is 1. The number of nitrogens with zero attached hydrogens (tertiary/aromatic N) is 8. The van der Waals surface area contributed by atoms with Gasteiger partial charge in [0, 0.05) is 74.9 Å². The molecule has 0 aliphatic carbocycles. The maximum atomic E-state index is 17.1. The summed E-state index contributed by atoms with van der Waals surface area (Å²) in [6, 6.07) is 5.86. The van der Waals surface area contributed by atoms with Gasteiger partial charge in [0.2, 0.25) is 11.9 Å². The van der Waals surface area contributed by atoms with E-state index in [1.165, 1.54) is 6.08 Å². The Labute approximate surface area is 262 Å². The van der Waals surface area contributed by atoms with Gasteiger partial charge in [-0.1, -0.05) is 24.2 Å². The minimum Gasteiger partial charge on any atom is -0.361 e. The fourth-order valence-corrected chi connectivity index (χ4v) is 6.68. The van der Waals surface area contributed by atoms with Crippen LogP contribution in [0.1, 0.15) is 19.4 Å². The minimum atomic E-state index is -0.496. The molecule has 4 heterocycles. The lowest BCUT2D eigenvalue weighted by atomic mass is 9.94. The van der Waals surface area contributed by atoms with Gasteiger partial charge in [0.1, 0.15) is 11.3 Å². The lowest BCUT2D eigenvalue weighted by molar-refractivity contribution is -0.128. The van der Waals surface area contributed by atoms with Crippen LogP contribution >= 0.6 is 11.6 Å². The van der Waals surface area contributed by atoms with Crippen molar-refractivity contribution in [2.24, 2.45) is 0 Å². The summed E-state index contributed by atoms with van der Waals surface area (Å²) in [5.74, 6) is 1.19. The summed E-state index contributed by atoms with van der Waals surface area (Å²) >= 11 is 7.03. The van der Waals surface area contributed by atoms with E-state index in [1.54, 1.807) is 6.07 Å². The molecule has 4 aromatic rings. The molecule has 2 aromatic carbocycles. The molecule has 10 nitrogen and oxygen atoms in total. The number of likely N-dealkylation sites (N-methyl/N-ethyl adjacent to an activating group) is 1. The monoisotopic (exact) mass is 619 g/mol. The van der Waals surface area contributed by atoms with Gasteiger partial charge >= 0.3 is 0 Å². The average Bonchev–Trinajstić information content (AvgIpc) is 3.38. The fourth-order valence-electron chi connectivity index (χ4n) is 6.40. The second kappa shape index (κ2) is 11.2. The number of aromatic amines is 1. The van der Waals surface area contributed by atoms with Crippen molar-refractivity contribution in [3.05, 3.63) is 47.3 Å². The van der Waals surface area contributed by atoms with Crippen LogP contribution in [0.3, 0.4) is 0 Å². The van der Waals surface area contributed by atoms with Crippen molar-refractivity contribution in [3.8, 4) is 11.1 Å². The highest BCUT2D eigenvalue weighted by Crippen LogP contribution is 2.44. The number of fused-ring (bicyclic) bond motifs is 2. The summed E-state index contributed by atoms with van der Waals surface area (Å²) in [5, 5.41) is 9.18. The second-order valence-corrected chi connectivity index (χ2v) is 12.9. The topological polar surface area (TPSA) is 87.7 Å². The molecule has 0 unspecified atom stereocenters. The lowest BCUT2D eigenvalue weighted by Crippen LogP contribution is -2.59. The Morgan fingerprint density at radius 2 is 1.82 bits per heavy atom. The zero-order valence-corrected chi connectivity index (χ0v) is 27.1. The van der Waals surface area contributed by atoms with Crippen LogP contribution in [0.5, 0.6) is 0 Å². The van der Waals surface area contributed by atoms with Crippen LogP contribution in [0.25, 0.3) is 32.9 Å². The molecule has 2 atom stereocenters. The van der Waals surface area contributed by atoms with Crippen molar-refractivity contribution < 1.29 is 9.18 Å². The van der Waals surface area contributed by atoms with E-state index < -0.39 is 5.82 Å². The summed E-state index contributed by atoms with van der Waals surface area (Å²) in [6.07, 6.45) is 1.35. The van der Waals surface area contributed by atoms with E-state index >= 15 is 4.39 Å². The molecule has 12 heteroatoms. The van der Waals surface area contributed by atoms with E-state index in [4.69, 9.17) is 21.6 Å². The third kappa shape index (κ3) is 4.82. The maximum Gasteiger partial charge on any atom is 0.246 e. The number of hydrogen-bond donors (Lipinski definition) is 1. The van der Waals surface area contributed by atoms with Gasteiger partial charge in [-0.3, -0.25) is 9.89 Å². The van der Waals surface area contributed by atoms with E-state index in [-0.39, 0.29) is 28.5 Å². The molecular weight excluding hydrogens is 581 g/mol. The van der Waals surface area contributed by atoms with Crippen LogP contribution in [0.4, 0.5) is 22.0 Å². The number of aryl methyl sites for hydroxylation is 1. The van der Waals surface area contributed by atoms with Crippen molar-refractivity contribution in [3.63, 3.8) is 0 Å². The van der Waals surface area contributed by atoms with Gasteiger partial charge in [-0.2, -0.15) is 10.1 Å². The molecule has 0 bridgehead atoms. The largest absolute Gasteiger partial charge is 0.361 e. The summed E-state index contributed by atoms with van der Waals surface area (Å²) in [6.45, 7) is 12.2. The Bertz CT molecular complexity index is 1780. The number of piperazine rings is 1. The smallest absolute Gasteiger partial charge is 0.246 e. The SMILES string of the molecule is C=CC(=O)N1C[C@H](C)N(c2nc(N3CC(N(C)C)C3)nc3c(F)c(-c4c(C)ccc5[nH]nc(N(C)C)c45)c(Cl)cc23)C[C@H]1C. The third-order valence-corrected chi connectivity index (χ3v) is 9.33. The minimum absolute atomic E-state index is 0.0851. The first-order valence-electron chi connectivity index (χ1n) is 14.9. The van der Waals surface area contributed by atoms with Crippen molar-refractivity contribution in [1.82, 2.24) is 30.0 Å². The molecule has 2 aliphatic heterocycles. The van der Waals surface area contributed by atoms with Crippen molar-refractivity contribution in [1.29, 1.82) is 0 Å². The molecular formula is C32H39ClFN9O. The van der Waals surface area contributed by atoms with Gasteiger partial charge in [-0.25, -0.2) is 9.37 Å². The molecule has 1 amide bonds. The Morgan fingerprint density at radius 3 is 2.48 bits per heavy atom. The number of amides is 1. The van der Waals surface area contributed by atoms with E-state index in [1.807, 2.05) is 56.8 Å².